The molecule has 0 aromatic carbocycles. The van der Waals surface area contributed by atoms with E-state index in [0.717, 1.165) is 12.8 Å². The first kappa shape index (κ1) is 10.0. The summed E-state index contributed by atoms with van der Waals surface area (Å²) in [7, 11) is 0. The molecule has 0 bridgehead atoms. The van der Waals surface area contributed by atoms with E-state index in [-0.39, 0.29) is 0 Å². The zero-order valence-corrected chi connectivity index (χ0v) is 8.93. The van der Waals surface area contributed by atoms with E-state index < -0.39 is 0 Å². The van der Waals surface area contributed by atoms with E-state index >= 15 is 0 Å². The molecule has 0 atom stereocenters. The van der Waals surface area contributed by atoms with E-state index in [9.17, 15) is 4.79 Å². The van der Waals surface area contributed by atoms with Crippen molar-refractivity contribution in [2.75, 3.05) is 0 Å². The minimum atomic E-state index is 0.337. The van der Waals surface area contributed by atoms with Crippen LogP contribution in [0.3, 0.4) is 0 Å². The summed E-state index contributed by atoms with van der Waals surface area (Å²) >= 11 is 0. The summed E-state index contributed by atoms with van der Waals surface area (Å²) in [5.74, 6) is 0.681. The second kappa shape index (κ2) is 4.81. The molecule has 0 unspecified atom stereocenters. The summed E-state index contributed by atoms with van der Waals surface area (Å²) < 4.78 is 0. The third kappa shape index (κ3) is 2.49. The quantitative estimate of drug-likeness (QED) is 0.721. The highest BCUT2D eigenvalue weighted by Crippen LogP contribution is 2.25. The highest BCUT2D eigenvalue weighted by Gasteiger charge is 2.24. The van der Waals surface area contributed by atoms with Crippen molar-refractivity contribution >= 4 is 5.91 Å². The van der Waals surface area contributed by atoms with Crippen LogP contribution in [0.4, 0.5) is 0 Å². The van der Waals surface area contributed by atoms with Crippen LogP contribution in [0.5, 0.6) is 0 Å². The third-order valence-corrected chi connectivity index (χ3v) is 3.68. The van der Waals surface area contributed by atoms with Gasteiger partial charge in [-0.1, -0.05) is 32.1 Å². The first-order valence-electron chi connectivity index (χ1n) is 6.16. The molecule has 0 heterocycles. The van der Waals surface area contributed by atoms with Crippen LogP contribution in [0.25, 0.3) is 0 Å². The Morgan fingerprint density at radius 3 is 2.07 bits per heavy atom. The van der Waals surface area contributed by atoms with Gasteiger partial charge in [0.05, 0.1) is 0 Å². The number of carbonyl (C=O) groups is 1. The van der Waals surface area contributed by atoms with E-state index in [0.29, 0.717) is 17.9 Å². The lowest BCUT2D eigenvalue weighted by Gasteiger charge is -2.22. The zero-order valence-electron chi connectivity index (χ0n) is 8.93. The minimum Gasteiger partial charge on any atom is -0.353 e. The van der Waals surface area contributed by atoms with E-state index in [1.54, 1.807) is 0 Å². The Kier molecular flexibility index (Phi) is 3.44. The smallest absolute Gasteiger partial charge is 0.223 e. The van der Waals surface area contributed by atoms with Crippen LogP contribution in [-0.2, 0) is 4.79 Å². The van der Waals surface area contributed by atoms with E-state index in [1.807, 2.05) is 0 Å². The summed E-state index contributed by atoms with van der Waals surface area (Å²) in [6.45, 7) is 0. The summed E-state index contributed by atoms with van der Waals surface area (Å²) in [4.78, 5) is 11.8. The molecule has 0 aromatic heterocycles. The van der Waals surface area contributed by atoms with Crippen molar-refractivity contribution in [3.05, 3.63) is 0 Å². The van der Waals surface area contributed by atoms with Gasteiger partial charge in [0.25, 0.3) is 0 Å². The van der Waals surface area contributed by atoms with Crippen LogP contribution in [0.1, 0.15) is 57.8 Å². The zero-order chi connectivity index (χ0) is 9.80. The first-order chi connectivity index (χ1) is 6.86. The highest BCUT2D eigenvalue weighted by atomic mass is 16.1. The third-order valence-electron chi connectivity index (χ3n) is 3.68. The molecule has 80 valence electrons. The topological polar surface area (TPSA) is 29.1 Å². The van der Waals surface area contributed by atoms with E-state index in [2.05, 4.69) is 5.32 Å². The molecule has 2 fully saturated rings. The Hall–Kier alpha value is -0.530. The molecule has 0 radical (unpaired) electrons. The Labute approximate surface area is 86.5 Å². The molecule has 0 aromatic rings. The number of amides is 1. The lowest BCUT2D eigenvalue weighted by molar-refractivity contribution is -0.126. The average Bonchev–Trinajstić information content (AvgIpc) is 2.72. The fourth-order valence-electron chi connectivity index (χ4n) is 2.75. The van der Waals surface area contributed by atoms with Crippen LogP contribution >= 0.6 is 0 Å². The molecule has 1 N–H and O–H groups in total. The van der Waals surface area contributed by atoms with Crippen molar-refractivity contribution in [3.8, 4) is 0 Å². The largest absolute Gasteiger partial charge is 0.353 e. The number of carbonyl (C=O) groups excluding carboxylic acids is 1. The predicted octanol–water partition coefficient (Wildman–Crippen LogP) is 2.63. The molecule has 14 heavy (non-hydrogen) atoms. The molecule has 0 spiro atoms. The normalized spacial score (nSPS) is 25.1. The maximum atomic E-state index is 11.8. The van der Waals surface area contributed by atoms with Gasteiger partial charge in [-0.3, -0.25) is 4.79 Å². The molecular weight excluding hydrogens is 174 g/mol. The Morgan fingerprint density at radius 1 is 0.857 bits per heavy atom. The molecule has 0 saturated heterocycles. The van der Waals surface area contributed by atoms with Gasteiger partial charge in [0.15, 0.2) is 0 Å². The van der Waals surface area contributed by atoms with Gasteiger partial charge in [0.1, 0.15) is 0 Å². The maximum Gasteiger partial charge on any atom is 0.223 e. The van der Waals surface area contributed by atoms with Gasteiger partial charge >= 0.3 is 0 Å². The van der Waals surface area contributed by atoms with Crippen molar-refractivity contribution in [3.63, 3.8) is 0 Å². The standard InChI is InChI=1S/C12H21NO/c14-12(10-6-2-1-3-7-10)13-11-8-4-5-9-11/h10-11H,1-9H2,(H,13,14). The molecule has 0 aliphatic heterocycles. The van der Waals surface area contributed by atoms with E-state index in [4.69, 9.17) is 0 Å². The van der Waals surface area contributed by atoms with Crippen LogP contribution in [0, 0.1) is 5.92 Å². The number of nitrogens with one attached hydrogen (secondary N) is 1. The van der Waals surface area contributed by atoms with Gasteiger partial charge in [-0.15, -0.1) is 0 Å². The van der Waals surface area contributed by atoms with Crippen molar-refractivity contribution in [1.82, 2.24) is 5.32 Å². The van der Waals surface area contributed by atoms with Crippen LogP contribution in [-0.4, -0.2) is 11.9 Å². The van der Waals surface area contributed by atoms with Gasteiger partial charge in [0.2, 0.25) is 5.91 Å². The number of hydrogen-bond acceptors (Lipinski definition) is 1. The second-order valence-corrected chi connectivity index (χ2v) is 4.82. The van der Waals surface area contributed by atoms with Crippen LogP contribution in [0.15, 0.2) is 0 Å². The second-order valence-electron chi connectivity index (χ2n) is 4.82. The summed E-state index contributed by atoms with van der Waals surface area (Å²) in [5.41, 5.74) is 0. The fraction of sp³-hybridized carbons (Fsp3) is 0.917. The summed E-state index contributed by atoms with van der Waals surface area (Å²) in [5, 5.41) is 3.21. The van der Waals surface area contributed by atoms with Crippen LogP contribution < -0.4 is 5.32 Å². The fourth-order valence-corrected chi connectivity index (χ4v) is 2.75. The molecule has 2 aliphatic rings. The molecule has 2 rings (SSSR count). The average molecular weight is 195 g/mol. The Balaban J connectivity index is 1.75. The predicted molar refractivity (Wildman–Crippen MR) is 57.0 cm³/mol. The number of hydrogen-bond donors (Lipinski definition) is 1. The highest BCUT2D eigenvalue weighted by molar-refractivity contribution is 5.79. The van der Waals surface area contributed by atoms with Gasteiger partial charge in [-0.05, 0) is 25.7 Å². The van der Waals surface area contributed by atoms with Crippen molar-refractivity contribution < 1.29 is 4.79 Å². The molecule has 2 heteroatoms. The van der Waals surface area contributed by atoms with Crippen molar-refractivity contribution in [2.45, 2.75) is 63.8 Å². The van der Waals surface area contributed by atoms with Gasteiger partial charge in [-0.25, -0.2) is 0 Å². The Morgan fingerprint density at radius 2 is 1.43 bits per heavy atom. The molecule has 1 amide bonds. The minimum absolute atomic E-state index is 0.337. The SMILES string of the molecule is O=C(NC1CCCC1)C1CCCCC1. The summed E-state index contributed by atoms with van der Waals surface area (Å²) in [6.07, 6.45) is 11.1. The Bertz CT molecular complexity index is 190. The van der Waals surface area contributed by atoms with Crippen molar-refractivity contribution in [2.24, 2.45) is 5.92 Å². The van der Waals surface area contributed by atoms with Gasteiger partial charge < -0.3 is 5.32 Å². The molecular formula is C12H21NO. The van der Waals surface area contributed by atoms with Crippen molar-refractivity contribution in [1.29, 1.82) is 0 Å². The van der Waals surface area contributed by atoms with Crippen LogP contribution in [0.2, 0.25) is 0 Å². The first-order valence-corrected chi connectivity index (χ1v) is 6.16. The lowest BCUT2D eigenvalue weighted by Crippen LogP contribution is -2.38. The number of rotatable bonds is 2. The summed E-state index contributed by atoms with van der Waals surface area (Å²) in [6, 6.07) is 0.504. The maximum absolute atomic E-state index is 11.8. The molecule has 2 saturated carbocycles. The monoisotopic (exact) mass is 195 g/mol. The van der Waals surface area contributed by atoms with Gasteiger partial charge in [0, 0.05) is 12.0 Å². The van der Waals surface area contributed by atoms with Gasteiger partial charge in [-0.2, -0.15) is 0 Å². The van der Waals surface area contributed by atoms with E-state index in [1.165, 1.54) is 44.9 Å². The molecule has 2 aliphatic carbocycles. The lowest BCUT2D eigenvalue weighted by atomic mass is 9.88. The molecule has 2 nitrogen and oxygen atoms in total.